The van der Waals surface area contributed by atoms with Gasteiger partial charge < -0.3 is 15.0 Å². The van der Waals surface area contributed by atoms with Crippen molar-refractivity contribution in [3.63, 3.8) is 0 Å². The van der Waals surface area contributed by atoms with Gasteiger partial charge in [0, 0.05) is 11.8 Å². The van der Waals surface area contributed by atoms with Gasteiger partial charge in [-0.3, -0.25) is 0 Å². The van der Waals surface area contributed by atoms with E-state index >= 15 is 0 Å². The van der Waals surface area contributed by atoms with E-state index < -0.39 is 0 Å². The first-order valence-corrected chi connectivity index (χ1v) is 7.28. The number of ether oxygens (including phenoxy) is 1. The second kappa shape index (κ2) is 5.81. The van der Waals surface area contributed by atoms with Crippen molar-refractivity contribution >= 4 is 22.8 Å². The molecule has 0 unspecified atom stereocenters. The molecule has 2 N–H and O–H groups in total. The smallest absolute Gasteiger partial charge is 0.221 e. The monoisotopic (exact) mass is 302 g/mol. The first-order chi connectivity index (χ1) is 11.4. The largest absolute Gasteiger partial charge is 0.439 e. The van der Waals surface area contributed by atoms with Gasteiger partial charge in [-0.2, -0.15) is 9.97 Å². The summed E-state index contributed by atoms with van der Waals surface area (Å²) in [5.74, 6) is 1.91. The molecule has 0 aliphatic carbocycles. The molecule has 0 saturated heterocycles. The van der Waals surface area contributed by atoms with E-state index in [4.69, 9.17) is 4.74 Å². The predicted octanol–water partition coefficient (Wildman–Crippen LogP) is 4.49. The second-order valence-electron chi connectivity index (χ2n) is 5.01. The number of aromatic amines is 1. The summed E-state index contributed by atoms with van der Waals surface area (Å²) in [7, 11) is 0. The number of H-pyrrole nitrogens is 1. The van der Waals surface area contributed by atoms with Crippen LogP contribution in [0.25, 0.3) is 11.2 Å². The number of aromatic nitrogens is 3. The Morgan fingerprint density at radius 1 is 0.783 bits per heavy atom. The van der Waals surface area contributed by atoms with Crippen molar-refractivity contribution in [3.8, 4) is 11.6 Å². The molecule has 2 aromatic carbocycles. The van der Waals surface area contributed by atoms with Gasteiger partial charge in [0.05, 0.1) is 5.52 Å². The van der Waals surface area contributed by atoms with Crippen molar-refractivity contribution in [2.75, 3.05) is 5.32 Å². The number of hydrogen-bond acceptors (Lipinski definition) is 4. The van der Waals surface area contributed by atoms with Gasteiger partial charge in [-0.1, -0.05) is 36.4 Å². The number of imidazole rings is 1. The first-order valence-electron chi connectivity index (χ1n) is 7.28. The van der Waals surface area contributed by atoms with Gasteiger partial charge in [-0.15, -0.1) is 0 Å². The van der Waals surface area contributed by atoms with Gasteiger partial charge >= 0.3 is 0 Å². The number of pyridine rings is 1. The van der Waals surface area contributed by atoms with E-state index in [0.717, 1.165) is 17.0 Å². The van der Waals surface area contributed by atoms with Crippen LogP contribution in [0.4, 0.5) is 11.6 Å². The van der Waals surface area contributed by atoms with Crippen molar-refractivity contribution in [1.82, 2.24) is 15.0 Å². The van der Waals surface area contributed by atoms with Crippen LogP contribution in [0.3, 0.4) is 0 Å². The molecule has 2 heterocycles. The molecule has 23 heavy (non-hydrogen) atoms. The van der Waals surface area contributed by atoms with Gasteiger partial charge in [-0.25, -0.2) is 0 Å². The van der Waals surface area contributed by atoms with Gasteiger partial charge in [0.2, 0.25) is 11.8 Å². The Hall–Kier alpha value is -3.34. The van der Waals surface area contributed by atoms with Gasteiger partial charge in [0.15, 0.2) is 5.65 Å². The zero-order chi connectivity index (χ0) is 15.5. The molecular weight excluding hydrogens is 288 g/mol. The number of anilines is 2. The molecule has 0 saturated carbocycles. The molecule has 112 valence electrons. The first kappa shape index (κ1) is 13.3. The highest BCUT2D eigenvalue weighted by Gasteiger charge is 2.06. The molecule has 0 spiro atoms. The average Bonchev–Trinajstić information content (AvgIpc) is 2.98. The molecule has 4 aromatic rings. The van der Waals surface area contributed by atoms with Crippen LogP contribution in [0.5, 0.6) is 11.6 Å². The van der Waals surface area contributed by atoms with E-state index in [1.54, 1.807) is 0 Å². The summed E-state index contributed by atoms with van der Waals surface area (Å²) in [4.78, 5) is 12.1. The number of nitrogens with zero attached hydrogens (tertiary/aromatic N) is 2. The topological polar surface area (TPSA) is 62.8 Å². The lowest BCUT2D eigenvalue weighted by Gasteiger charge is -2.03. The molecule has 0 aliphatic rings. The standard InChI is InChI=1S/C18H14N4O/c1-3-7-13(8-4-1)19-18-20-15-11-12-16(21-17(15)22-18)23-14-9-5-2-6-10-14/h1-12H,(H2,19,20,21,22). The van der Waals surface area contributed by atoms with E-state index in [-0.39, 0.29) is 0 Å². The van der Waals surface area contributed by atoms with Crippen LogP contribution in [0, 0.1) is 0 Å². The molecule has 5 heteroatoms. The minimum absolute atomic E-state index is 0.515. The summed E-state index contributed by atoms with van der Waals surface area (Å²) in [6, 6.07) is 23.1. The lowest BCUT2D eigenvalue weighted by atomic mass is 10.3. The quantitative estimate of drug-likeness (QED) is 0.583. The summed E-state index contributed by atoms with van der Waals surface area (Å²) in [5, 5.41) is 3.22. The maximum absolute atomic E-state index is 5.73. The van der Waals surface area contributed by atoms with Crippen molar-refractivity contribution < 1.29 is 4.74 Å². The van der Waals surface area contributed by atoms with Crippen LogP contribution in [-0.2, 0) is 0 Å². The molecular formula is C18H14N4O. The summed E-state index contributed by atoms with van der Waals surface area (Å²) in [6.07, 6.45) is 0. The van der Waals surface area contributed by atoms with Gasteiger partial charge in [-0.05, 0) is 30.3 Å². The average molecular weight is 302 g/mol. The Kier molecular flexibility index (Phi) is 3.37. The van der Waals surface area contributed by atoms with E-state index in [2.05, 4.69) is 20.3 Å². The highest BCUT2D eigenvalue weighted by molar-refractivity contribution is 5.75. The van der Waals surface area contributed by atoms with E-state index in [1.165, 1.54) is 0 Å². The summed E-state index contributed by atoms with van der Waals surface area (Å²) >= 11 is 0. The molecule has 4 rings (SSSR count). The summed E-state index contributed by atoms with van der Waals surface area (Å²) in [5.41, 5.74) is 2.42. The van der Waals surface area contributed by atoms with Crippen LogP contribution < -0.4 is 10.1 Å². The molecule has 0 aliphatic heterocycles. The number of benzene rings is 2. The zero-order valence-corrected chi connectivity index (χ0v) is 12.2. The SMILES string of the molecule is c1ccc(Nc2nc3nc(Oc4ccccc4)ccc3[nH]2)cc1. The van der Waals surface area contributed by atoms with Crippen molar-refractivity contribution in [2.24, 2.45) is 0 Å². The second-order valence-corrected chi connectivity index (χ2v) is 5.01. The van der Waals surface area contributed by atoms with Crippen molar-refractivity contribution in [1.29, 1.82) is 0 Å². The summed E-state index contributed by atoms with van der Waals surface area (Å²) in [6.45, 7) is 0. The molecule has 0 amide bonds. The lowest BCUT2D eigenvalue weighted by Crippen LogP contribution is -1.91. The highest BCUT2D eigenvalue weighted by Crippen LogP contribution is 2.22. The minimum atomic E-state index is 0.515. The van der Waals surface area contributed by atoms with Crippen LogP contribution in [0.1, 0.15) is 0 Å². The normalized spacial score (nSPS) is 10.6. The lowest BCUT2D eigenvalue weighted by molar-refractivity contribution is 0.465. The molecule has 2 aromatic heterocycles. The Labute approximate surface area is 133 Å². The molecule has 5 nitrogen and oxygen atoms in total. The van der Waals surface area contributed by atoms with Crippen LogP contribution >= 0.6 is 0 Å². The fourth-order valence-corrected chi connectivity index (χ4v) is 2.26. The third-order valence-corrected chi connectivity index (χ3v) is 3.32. The Bertz CT molecular complexity index is 880. The Morgan fingerprint density at radius 3 is 2.30 bits per heavy atom. The Balaban J connectivity index is 1.59. The van der Waals surface area contributed by atoms with Crippen molar-refractivity contribution in [2.45, 2.75) is 0 Å². The fourth-order valence-electron chi connectivity index (χ4n) is 2.26. The van der Waals surface area contributed by atoms with Gasteiger partial charge in [0.1, 0.15) is 5.75 Å². The van der Waals surface area contributed by atoms with E-state index in [0.29, 0.717) is 17.5 Å². The predicted molar refractivity (Wildman–Crippen MR) is 90.1 cm³/mol. The van der Waals surface area contributed by atoms with Crippen LogP contribution in [0.2, 0.25) is 0 Å². The number of nitrogens with one attached hydrogen (secondary N) is 2. The zero-order valence-electron chi connectivity index (χ0n) is 12.2. The maximum atomic E-state index is 5.73. The maximum Gasteiger partial charge on any atom is 0.221 e. The third-order valence-electron chi connectivity index (χ3n) is 3.32. The van der Waals surface area contributed by atoms with Crippen LogP contribution in [0.15, 0.2) is 72.8 Å². The number of fused-ring (bicyclic) bond motifs is 1. The third kappa shape index (κ3) is 2.98. The molecule has 0 radical (unpaired) electrons. The highest BCUT2D eigenvalue weighted by atomic mass is 16.5. The van der Waals surface area contributed by atoms with Crippen LogP contribution in [-0.4, -0.2) is 15.0 Å². The van der Waals surface area contributed by atoms with Crippen molar-refractivity contribution in [3.05, 3.63) is 72.8 Å². The van der Waals surface area contributed by atoms with E-state index in [9.17, 15) is 0 Å². The van der Waals surface area contributed by atoms with E-state index in [1.807, 2.05) is 72.8 Å². The molecule has 0 fully saturated rings. The number of hydrogen-bond donors (Lipinski definition) is 2. The molecule has 0 bridgehead atoms. The Morgan fingerprint density at radius 2 is 1.52 bits per heavy atom. The van der Waals surface area contributed by atoms with Gasteiger partial charge in [0.25, 0.3) is 0 Å². The number of rotatable bonds is 4. The number of para-hydroxylation sites is 2. The summed E-state index contributed by atoms with van der Waals surface area (Å²) < 4.78 is 5.73. The fraction of sp³-hybridized carbons (Fsp3) is 0. The minimum Gasteiger partial charge on any atom is -0.439 e. The molecule has 0 atom stereocenters.